The van der Waals surface area contributed by atoms with Gasteiger partial charge in [0.15, 0.2) is 0 Å². The molecule has 0 aliphatic carbocycles. The first kappa shape index (κ1) is 12.9. The van der Waals surface area contributed by atoms with E-state index in [4.69, 9.17) is 11.6 Å². The highest BCUT2D eigenvalue weighted by Gasteiger charge is 2.51. The van der Waals surface area contributed by atoms with E-state index in [-0.39, 0.29) is 5.91 Å². The molecule has 1 amide bonds. The highest BCUT2D eigenvalue weighted by atomic mass is 35.5. The van der Waals surface area contributed by atoms with Gasteiger partial charge in [0.05, 0.1) is 0 Å². The van der Waals surface area contributed by atoms with Crippen LogP contribution in [0.2, 0.25) is 5.02 Å². The summed E-state index contributed by atoms with van der Waals surface area (Å²) in [5.41, 5.74) is 2.35. The third-order valence-electron chi connectivity index (χ3n) is 4.40. The number of hydrogen-bond acceptors (Lipinski definition) is 2. The van der Waals surface area contributed by atoms with Crippen molar-refractivity contribution in [1.29, 1.82) is 0 Å². The maximum atomic E-state index is 12.7. The molecule has 2 aliphatic heterocycles. The minimum atomic E-state index is -0.545. The summed E-state index contributed by atoms with van der Waals surface area (Å²) < 4.78 is 0. The Labute approximate surface area is 128 Å². The molecule has 2 aromatic carbocycles. The van der Waals surface area contributed by atoms with Gasteiger partial charge in [-0.3, -0.25) is 10.1 Å². The van der Waals surface area contributed by atoms with Crippen LogP contribution in [0.1, 0.15) is 27.9 Å². The highest BCUT2D eigenvalue weighted by molar-refractivity contribution is 6.30. The number of amides is 1. The lowest BCUT2D eigenvalue weighted by atomic mass is 9.89. The molecule has 0 spiro atoms. The fourth-order valence-corrected chi connectivity index (χ4v) is 3.63. The van der Waals surface area contributed by atoms with E-state index >= 15 is 0 Å². The molecular formula is C17H15ClN2O. The average molecular weight is 299 g/mol. The van der Waals surface area contributed by atoms with Gasteiger partial charge in [-0.15, -0.1) is 0 Å². The van der Waals surface area contributed by atoms with Gasteiger partial charge >= 0.3 is 0 Å². The molecule has 2 aromatic rings. The van der Waals surface area contributed by atoms with E-state index in [1.807, 2.05) is 53.4 Å². The molecule has 0 aromatic heterocycles. The smallest absolute Gasteiger partial charge is 0.256 e. The maximum absolute atomic E-state index is 12.7. The minimum Gasteiger partial charge on any atom is -0.312 e. The Morgan fingerprint density at radius 2 is 1.86 bits per heavy atom. The summed E-state index contributed by atoms with van der Waals surface area (Å²) >= 11 is 6.02. The van der Waals surface area contributed by atoms with E-state index in [9.17, 15) is 4.79 Å². The van der Waals surface area contributed by atoms with Crippen LogP contribution in [0, 0.1) is 0 Å². The molecule has 0 saturated carbocycles. The summed E-state index contributed by atoms with van der Waals surface area (Å²) in [6, 6.07) is 15.6. The molecule has 1 atom stereocenters. The summed E-state index contributed by atoms with van der Waals surface area (Å²) in [5, 5.41) is 4.28. The lowest BCUT2D eigenvalue weighted by Crippen LogP contribution is -2.59. The first-order valence-electron chi connectivity index (χ1n) is 7.16. The van der Waals surface area contributed by atoms with Crippen LogP contribution >= 0.6 is 11.6 Å². The molecule has 4 heteroatoms. The zero-order valence-corrected chi connectivity index (χ0v) is 12.2. The standard InChI is InChI=1S/C17H15ClN2O/c18-13-8-6-12(7-9-13)17-15-5-2-1-4-14(15)16(21)20(17)11-3-10-19-17/h1-2,4-9,19H,3,10-11H2/t17-/m0/s1. The fraction of sp³-hybridized carbons (Fsp3) is 0.235. The van der Waals surface area contributed by atoms with Gasteiger partial charge in [0.25, 0.3) is 5.91 Å². The number of carbonyl (C=O) groups excluding carboxylic acids is 1. The molecule has 0 unspecified atom stereocenters. The van der Waals surface area contributed by atoms with Crippen LogP contribution in [0.5, 0.6) is 0 Å². The molecule has 1 N–H and O–H groups in total. The van der Waals surface area contributed by atoms with E-state index in [0.29, 0.717) is 5.02 Å². The topological polar surface area (TPSA) is 32.3 Å². The quantitative estimate of drug-likeness (QED) is 0.878. The van der Waals surface area contributed by atoms with Gasteiger partial charge in [-0.25, -0.2) is 0 Å². The second-order valence-electron chi connectivity index (χ2n) is 5.50. The molecule has 21 heavy (non-hydrogen) atoms. The summed E-state index contributed by atoms with van der Waals surface area (Å²) in [5.74, 6) is 0.104. The van der Waals surface area contributed by atoms with E-state index in [0.717, 1.165) is 36.2 Å². The third kappa shape index (κ3) is 1.68. The van der Waals surface area contributed by atoms with Gasteiger partial charge in [0.1, 0.15) is 5.66 Å². The van der Waals surface area contributed by atoms with Gasteiger partial charge in [0, 0.05) is 22.7 Å². The van der Waals surface area contributed by atoms with Crippen molar-refractivity contribution in [2.45, 2.75) is 12.1 Å². The summed E-state index contributed by atoms with van der Waals surface area (Å²) in [6.07, 6.45) is 0.967. The van der Waals surface area contributed by atoms with Crippen molar-refractivity contribution >= 4 is 17.5 Å². The summed E-state index contributed by atoms with van der Waals surface area (Å²) in [6.45, 7) is 1.66. The van der Waals surface area contributed by atoms with Crippen molar-refractivity contribution in [2.75, 3.05) is 13.1 Å². The Bertz CT molecular complexity index is 713. The number of hydrogen-bond donors (Lipinski definition) is 1. The summed E-state index contributed by atoms with van der Waals surface area (Å²) in [7, 11) is 0. The highest BCUT2D eigenvalue weighted by Crippen LogP contribution is 2.43. The normalized spacial score (nSPS) is 23.9. The Balaban J connectivity index is 1.98. The van der Waals surface area contributed by atoms with Crippen LogP contribution < -0.4 is 5.32 Å². The maximum Gasteiger partial charge on any atom is 0.256 e. The predicted octanol–water partition coefficient (Wildman–Crippen LogP) is 2.99. The molecule has 0 radical (unpaired) electrons. The van der Waals surface area contributed by atoms with Crippen molar-refractivity contribution in [3.05, 3.63) is 70.2 Å². The predicted molar refractivity (Wildman–Crippen MR) is 82.3 cm³/mol. The Morgan fingerprint density at radius 3 is 2.67 bits per heavy atom. The first-order chi connectivity index (χ1) is 10.2. The zero-order chi connectivity index (χ0) is 14.4. The van der Waals surface area contributed by atoms with E-state index in [1.165, 1.54) is 0 Å². The SMILES string of the molecule is O=C1c2ccccc2[C@@]2(c3ccc(Cl)cc3)NCCCN12. The molecule has 2 aliphatic rings. The third-order valence-corrected chi connectivity index (χ3v) is 4.65. The van der Waals surface area contributed by atoms with Gasteiger partial charge in [0.2, 0.25) is 0 Å². The van der Waals surface area contributed by atoms with Crippen LogP contribution in [0.3, 0.4) is 0 Å². The zero-order valence-electron chi connectivity index (χ0n) is 11.5. The number of fused-ring (bicyclic) bond motifs is 3. The Morgan fingerprint density at radius 1 is 1.10 bits per heavy atom. The molecular weight excluding hydrogens is 284 g/mol. The van der Waals surface area contributed by atoms with Crippen LogP contribution in [0.4, 0.5) is 0 Å². The number of rotatable bonds is 1. The van der Waals surface area contributed by atoms with Gasteiger partial charge in [-0.05, 0) is 36.7 Å². The number of nitrogens with zero attached hydrogens (tertiary/aromatic N) is 1. The fourth-order valence-electron chi connectivity index (χ4n) is 3.50. The second-order valence-corrected chi connectivity index (χ2v) is 5.94. The molecule has 1 saturated heterocycles. The Hall–Kier alpha value is -1.84. The van der Waals surface area contributed by atoms with Crippen LogP contribution in [0.15, 0.2) is 48.5 Å². The van der Waals surface area contributed by atoms with Gasteiger partial charge in [-0.1, -0.05) is 41.9 Å². The molecule has 106 valence electrons. The monoisotopic (exact) mass is 298 g/mol. The lowest BCUT2D eigenvalue weighted by Gasteiger charge is -2.44. The van der Waals surface area contributed by atoms with Gasteiger partial charge in [-0.2, -0.15) is 0 Å². The molecule has 1 fully saturated rings. The van der Waals surface area contributed by atoms with E-state index < -0.39 is 5.66 Å². The van der Waals surface area contributed by atoms with E-state index in [1.54, 1.807) is 0 Å². The van der Waals surface area contributed by atoms with Crippen LogP contribution in [0.25, 0.3) is 0 Å². The van der Waals surface area contributed by atoms with Crippen LogP contribution in [-0.4, -0.2) is 23.9 Å². The van der Waals surface area contributed by atoms with Crippen molar-refractivity contribution < 1.29 is 4.79 Å². The first-order valence-corrected chi connectivity index (χ1v) is 7.54. The van der Waals surface area contributed by atoms with Crippen LogP contribution in [-0.2, 0) is 5.66 Å². The van der Waals surface area contributed by atoms with Crippen molar-refractivity contribution in [3.8, 4) is 0 Å². The number of benzene rings is 2. The number of nitrogens with one attached hydrogen (secondary N) is 1. The number of carbonyl (C=O) groups is 1. The summed E-state index contributed by atoms with van der Waals surface area (Å²) in [4.78, 5) is 14.7. The second kappa shape index (κ2) is 4.58. The average Bonchev–Trinajstić information content (AvgIpc) is 2.80. The molecule has 3 nitrogen and oxygen atoms in total. The minimum absolute atomic E-state index is 0.104. The van der Waals surface area contributed by atoms with Crippen molar-refractivity contribution in [1.82, 2.24) is 10.2 Å². The number of halogens is 1. The van der Waals surface area contributed by atoms with E-state index in [2.05, 4.69) is 5.32 Å². The van der Waals surface area contributed by atoms with Crippen molar-refractivity contribution in [2.24, 2.45) is 0 Å². The van der Waals surface area contributed by atoms with Gasteiger partial charge < -0.3 is 4.90 Å². The largest absolute Gasteiger partial charge is 0.312 e. The lowest BCUT2D eigenvalue weighted by molar-refractivity contribution is 0.0457. The molecule has 0 bridgehead atoms. The molecule has 2 heterocycles. The molecule has 4 rings (SSSR count). The Kier molecular flexibility index (Phi) is 2.81. The van der Waals surface area contributed by atoms with Crippen molar-refractivity contribution in [3.63, 3.8) is 0 Å².